The van der Waals surface area contributed by atoms with Crippen LogP contribution in [0.5, 0.6) is 17.5 Å². The molecule has 32 heavy (non-hydrogen) atoms. The predicted octanol–water partition coefficient (Wildman–Crippen LogP) is 4.72. The van der Waals surface area contributed by atoms with Gasteiger partial charge in [0.2, 0.25) is 23.6 Å². The number of anilines is 3. The third-order valence-corrected chi connectivity index (χ3v) is 5.61. The smallest absolute Gasteiger partial charge is 0.248 e. The Morgan fingerprint density at radius 2 is 2.09 bits per heavy atom. The number of pyridine rings is 1. The Hall–Kier alpha value is -3.59. The number of fused-ring (bicyclic) bond motifs is 1. The summed E-state index contributed by atoms with van der Waals surface area (Å²) in [4.78, 5) is 25.4. The number of thioether (sulfide) groups is 1. The van der Waals surface area contributed by atoms with E-state index in [1.807, 2.05) is 36.0 Å². The van der Waals surface area contributed by atoms with Crippen LogP contribution in [0, 0.1) is 0 Å². The van der Waals surface area contributed by atoms with E-state index < -0.39 is 0 Å². The monoisotopic (exact) mass is 449 g/mol. The molecule has 2 N–H and O–H groups in total. The Morgan fingerprint density at radius 3 is 2.88 bits per heavy atom. The van der Waals surface area contributed by atoms with E-state index in [-0.39, 0.29) is 5.91 Å². The van der Waals surface area contributed by atoms with Crippen molar-refractivity contribution in [2.45, 2.75) is 19.1 Å². The highest BCUT2D eigenvalue weighted by atomic mass is 32.2. The van der Waals surface area contributed by atoms with E-state index in [0.717, 1.165) is 34.9 Å². The minimum atomic E-state index is -0.194. The fourth-order valence-corrected chi connectivity index (χ4v) is 4.11. The highest BCUT2D eigenvalue weighted by Crippen LogP contribution is 2.34. The third kappa shape index (κ3) is 5.36. The van der Waals surface area contributed by atoms with Crippen molar-refractivity contribution in [1.82, 2.24) is 15.0 Å². The predicted molar refractivity (Wildman–Crippen MR) is 126 cm³/mol. The molecule has 4 rings (SSSR count). The van der Waals surface area contributed by atoms with Gasteiger partial charge in [0.05, 0.1) is 24.7 Å². The van der Waals surface area contributed by atoms with Crippen LogP contribution in [0.1, 0.15) is 18.2 Å². The summed E-state index contributed by atoms with van der Waals surface area (Å²) < 4.78 is 11.3. The summed E-state index contributed by atoms with van der Waals surface area (Å²) in [6, 6.07) is 10.8. The lowest BCUT2D eigenvalue weighted by Gasteiger charge is -2.19. The Labute approximate surface area is 190 Å². The molecule has 0 fully saturated rings. The number of hydrogen-bond acceptors (Lipinski definition) is 8. The van der Waals surface area contributed by atoms with Crippen LogP contribution in [0.4, 0.5) is 17.3 Å². The summed E-state index contributed by atoms with van der Waals surface area (Å²) in [5, 5.41) is 6.00. The SMILES string of the molecule is C/C=C/C(=O)Nc1cccc(Oc2nc(Nc3ccc(OC)nc3)nc3c2CSCC3)c1. The summed E-state index contributed by atoms with van der Waals surface area (Å²) in [5.41, 5.74) is 3.35. The van der Waals surface area contributed by atoms with Crippen LogP contribution in [-0.2, 0) is 17.0 Å². The maximum Gasteiger partial charge on any atom is 0.248 e. The molecule has 0 saturated heterocycles. The maximum absolute atomic E-state index is 11.8. The van der Waals surface area contributed by atoms with Gasteiger partial charge in [0.1, 0.15) is 5.75 Å². The number of carbonyl (C=O) groups excluding carboxylic acids is 1. The molecule has 0 bridgehead atoms. The van der Waals surface area contributed by atoms with Crippen LogP contribution in [0.25, 0.3) is 0 Å². The van der Waals surface area contributed by atoms with Crippen molar-refractivity contribution >= 4 is 35.0 Å². The molecule has 8 nitrogen and oxygen atoms in total. The number of carbonyl (C=O) groups is 1. The lowest BCUT2D eigenvalue weighted by Crippen LogP contribution is -2.11. The quantitative estimate of drug-likeness (QED) is 0.500. The first-order valence-electron chi connectivity index (χ1n) is 10.1. The Balaban J connectivity index is 1.60. The first kappa shape index (κ1) is 21.6. The highest BCUT2D eigenvalue weighted by molar-refractivity contribution is 7.98. The molecule has 0 spiro atoms. The van der Waals surface area contributed by atoms with Gasteiger partial charge in [0.25, 0.3) is 0 Å². The van der Waals surface area contributed by atoms with Gasteiger partial charge in [0.15, 0.2) is 0 Å². The molecule has 3 heterocycles. The van der Waals surface area contributed by atoms with Crippen LogP contribution in [0.15, 0.2) is 54.7 Å². The van der Waals surface area contributed by atoms with Gasteiger partial charge in [-0.15, -0.1) is 0 Å². The molecule has 9 heteroatoms. The number of allylic oxidation sites excluding steroid dienone is 1. The van der Waals surface area contributed by atoms with Crippen molar-refractivity contribution in [2.75, 3.05) is 23.5 Å². The number of methoxy groups -OCH3 is 1. The molecule has 0 unspecified atom stereocenters. The van der Waals surface area contributed by atoms with Gasteiger partial charge in [0, 0.05) is 29.1 Å². The van der Waals surface area contributed by atoms with Crippen LogP contribution in [0.2, 0.25) is 0 Å². The molecule has 1 aromatic carbocycles. The third-order valence-electron chi connectivity index (χ3n) is 4.62. The lowest BCUT2D eigenvalue weighted by atomic mass is 10.2. The van der Waals surface area contributed by atoms with E-state index in [0.29, 0.717) is 29.1 Å². The first-order valence-corrected chi connectivity index (χ1v) is 11.3. The second-order valence-corrected chi connectivity index (χ2v) is 8.02. The zero-order valence-electron chi connectivity index (χ0n) is 17.8. The summed E-state index contributed by atoms with van der Waals surface area (Å²) in [7, 11) is 1.57. The second kappa shape index (κ2) is 10.1. The minimum absolute atomic E-state index is 0.194. The molecule has 3 aromatic rings. The minimum Gasteiger partial charge on any atom is -0.481 e. The van der Waals surface area contributed by atoms with Crippen molar-refractivity contribution in [1.29, 1.82) is 0 Å². The maximum atomic E-state index is 11.8. The van der Waals surface area contributed by atoms with Crippen molar-refractivity contribution in [3.63, 3.8) is 0 Å². The molecule has 1 aliphatic heterocycles. The van der Waals surface area contributed by atoms with Crippen LogP contribution in [-0.4, -0.2) is 33.7 Å². The number of aromatic nitrogens is 3. The molecule has 2 aromatic heterocycles. The molecular formula is C23H23N5O3S. The Kier molecular flexibility index (Phi) is 6.86. The summed E-state index contributed by atoms with van der Waals surface area (Å²) in [6.07, 6.45) is 5.66. The molecule has 0 aliphatic carbocycles. The fraction of sp³-hybridized carbons (Fsp3) is 0.217. The molecule has 1 aliphatic rings. The summed E-state index contributed by atoms with van der Waals surface area (Å²) >= 11 is 1.82. The molecule has 164 valence electrons. The van der Waals surface area contributed by atoms with Gasteiger partial charge in [-0.3, -0.25) is 4.79 Å². The summed E-state index contributed by atoms with van der Waals surface area (Å²) in [6.45, 7) is 1.79. The van der Waals surface area contributed by atoms with E-state index in [4.69, 9.17) is 14.5 Å². The van der Waals surface area contributed by atoms with E-state index in [1.54, 1.807) is 38.4 Å². The normalized spacial score (nSPS) is 12.8. The molecule has 0 atom stereocenters. The van der Waals surface area contributed by atoms with Gasteiger partial charge in [-0.1, -0.05) is 12.1 Å². The number of aryl methyl sites for hydroxylation is 1. The molecule has 0 radical (unpaired) electrons. The van der Waals surface area contributed by atoms with Crippen molar-refractivity contribution < 1.29 is 14.3 Å². The zero-order chi connectivity index (χ0) is 22.3. The van der Waals surface area contributed by atoms with Gasteiger partial charge >= 0.3 is 0 Å². The average molecular weight is 450 g/mol. The van der Waals surface area contributed by atoms with E-state index >= 15 is 0 Å². The van der Waals surface area contributed by atoms with E-state index in [9.17, 15) is 4.79 Å². The first-order chi connectivity index (χ1) is 15.6. The number of ether oxygens (including phenoxy) is 2. The second-order valence-electron chi connectivity index (χ2n) is 6.91. The Morgan fingerprint density at radius 1 is 1.19 bits per heavy atom. The molecule has 1 amide bonds. The van der Waals surface area contributed by atoms with Gasteiger partial charge in [-0.05, 0) is 43.4 Å². The number of nitrogens with one attached hydrogen (secondary N) is 2. The van der Waals surface area contributed by atoms with Crippen LogP contribution >= 0.6 is 11.8 Å². The Bertz CT molecular complexity index is 1130. The van der Waals surface area contributed by atoms with E-state index in [1.165, 1.54) is 6.08 Å². The fourth-order valence-electron chi connectivity index (χ4n) is 3.13. The largest absolute Gasteiger partial charge is 0.481 e. The van der Waals surface area contributed by atoms with Gasteiger partial charge in [-0.2, -0.15) is 16.7 Å². The topological polar surface area (TPSA) is 98.3 Å². The number of benzene rings is 1. The van der Waals surface area contributed by atoms with Crippen molar-refractivity contribution in [3.8, 4) is 17.5 Å². The molecular weight excluding hydrogens is 426 g/mol. The van der Waals surface area contributed by atoms with Gasteiger partial charge < -0.3 is 20.1 Å². The zero-order valence-corrected chi connectivity index (χ0v) is 18.6. The number of rotatable bonds is 7. The highest BCUT2D eigenvalue weighted by Gasteiger charge is 2.20. The number of nitrogens with zero attached hydrogens (tertiary/aromatic N) is 3. The standard InChI is InChI=1S/C23H23N5O3S/c1-3-5-20(29)25-15-6-4-7-17(12-15)31-22-18-14-32-11-10-19(18)27-23(28-22)26-16-8-9-21(30-2)24-13-16/h3-9,12-13H,10-11,14H2,1-2H3,(H,25,29)(H,26,27,28)/b5-3+. The van der Waals surface area contributed by atoms with Crippen molar-refractivity contribution in [2.24, 2.45) is 0 Å². The molecule has 0 saturated carbocycles. The van der Waals surface area contributed by atoms with Crippen LogP contribution in [0.3, 0.4) is 0 Å². The summed E-state index contributed by atoms with van der Waals surface area (Å²) in [5.74, 6) is 3.64. The average Bonchev–Trinajstić information content (AvgIpc) is 2.80. The number of hydrogen-bond donors (Lipinski definition) is 2. The van der Waals surface area contributed by atoms with E-state index in [2.05, 4.69) is 20.6 Å². The van der Waals surface area contributed by atoms with Gasteiger partial charge in [-0.25, -0.2) is 9.97 Å². The lowest BCUT2D eigenvalue weighted by molar-refractivity contribution is -0.111. The van der Waals surface area contributed by atoms with Crippen molar-refractivity contribution in [3.05, 3.63) is 66.0 Å². The van der Waals surface area contributed by atoms with Crippen LogP contribution < -0.4 is 20.1 Å². The number of amides is 1.